The van der Waals surface area contributed by atoms with Crippen molar-refractivity contribution in [1.29, 1.82) is 0 Å². The van der Waals surface area contributed by atoms with Gasteiger partial charge in [-0.25, -0.2) is 9.79 Å². The zero-order chi connectivity index (χ0) is 68.1. The predicted octanol–water partition coefficient (Wildman–Crippen LogP) is 9.28. The van der Waals surface area contributed by atoms with Gasteiger partial charge in [0.2, 0.25) is 11.8 Å². The van der Waals surface area contributed by atoms with Gasteiger partial charge in [-0.2, -0.15) is 9.97 Å². The molecule has 5 aromatic carbocycles. The second-order valence-corrected chi connectivity index (χ2v) is 22.3. The number of aromatic hydroxyl groups is 2. The van der Waals surface area contributed by atoms with E-state index >= 15 is 0 Å². The number of hydrogen-bond donors (Lipinski definition) is 4. The fourth-order valence-electron chi connectivity index (χ4n) is 9.50. The second-order valence-electron chi connectivity index (χ2n) is 22.3. The number of para-hydroxylation sites is 3. The summed E-state index contributed by atoms with van der Waals surface area (Å²) in [4.78, 5) is 66.7. The largest absolute Gasteiger partial charge is 0.494 e. The molecule has 0 aliphatic carbocycles. The molecule has 0 bridgehead atoms. The summed E-state index contributed by atoms with van der Waals surface area (Å²) in [6, 6.07) is 32.5. The number of carbonyl (C=O) groups excluding carboxylic acids is 2. The van der Waals surface area contributed by atoms with Gasteiger partial charge in [-0.1, -0.05) is 77.9 Å². The Morgan fingerprint density at radius 3 is 1.31 bits per heavy atom. The normalized spacial score (nSPS) is 12.9. The fourth-order valence-corrected chi connectivity index (χ4v) is 9.50. The number of hydrogen-bond acceptors (Lipinski definition) is 20. The van der Waals surface area contributed by atoms with E-state index in [1.165, 1.54) is 49.0 Å². The van der Waals surface area contributed by atoms with Crippen molar-refractivity contribution in [3.63, 3.8) is 0 Å². The number of nitrogens with one attached hydrogen (secondary N) is 1. The Kier molecular flexibility index (Phi) is 27.2. The Labute approximate surface area is 542 Å². The minimum Gasteiger partial charge on any atom is -0.494 e. The van der Waals surface area contributed by atoms with Crippen LogP contribution in [-0.4, -0.2) is 152 Å². The van der Waals surface area contributed by atoms with Crippen molar-refractivity contribution < 1.29 is 67.2 Å². The van der Waals surface area contributed by atoms with Gasteiger partial charge in [0.15, 0.2) is 11.1 Å². The Hall–Kier alpha value is -9.49. The average Bonchev–Trinajstić information content (AvgIpc) is 0.765. The molecular formula is C69H88N8O16. The molecule has 2 aliphatic rings. The van der Waals surface area contributed by atoms with Crippen molar-refractivity contribution >= 4 is 23.4 Å². The van der Waals surface area contributed by atoms with Gasteiger partial charge in [0.25, 0.3) is 17.0 Å². The van der Waals surface area contributed by atoms with Crippen LogP contribution in [0, 0.1) is 13.8 Å². The molecule has 2 fully saturated rings. The van der Waals surface area contributed by atoms with Crippen molar-refractivity contribution in [2.24, 2.45) is 10.7 Å². The highest BCUT2D eigenvalue weighted by atomic mass is 16.5. The number of likely N-dealkylation sites (tertiary alicyclic amines) is 1. The molecule has 2 saturated heterocycles. The van der Waals surface area contributed by atoms with E-state index in [1.54, 1.807) is 69.7 Å². The van der Waals surface area contributed by atoms with Gasteiger partial charge >= 0.3 is 5.97 Å². The van der Waals surface area contributed by atoms with Gasteiger partial charge < -0.3 is 73.5 Å². The van der Waals surface area contributed by atoms with Crippen LogP contribution in [0.15, 0.2) is 118 Å². The number of amidine groups is 1. The van der Waals surface area contributed by atoms with E-state index in [-0.39, 0.29) is 73.7 Å². The van der Waals surface area contributed by atoms with Crippen LogP contribution in [0.25, 0.3) is 11.4 Å². The van der Waals surface area contributed by atoms with Crippen molar-refractivity contribution in [3.8, 4) is 57.6 Å². The van der Waals surface area contributed by atoms with Crippen molar-refractivity contribution in [2.75, 3.05) is 82.1 Å². The first-order valence-electron chi connectivity index (χ1n) is 30.4. The van der Waals surface area contributed by atoms with E-state index in [1.807, 2.05) is 78.8 Å². The number of aryl methyl sites for hydroxylation is 2. The number of aliphatic imine (C=N–C) groups is 1. The van der Waals surface area contributed by atoms with Crippen molar-refractivity contribution in [2.45, 2.75) is 106 Å². The second kappa shape index (κ2) is 34.8. The van der Waals surface area contributed by atoms with E-state index in [0.717, 1.165) is 34.7 Å². The number of benzene rings is 5. The molecule has 9 rings (SSSR count). The summed E-state index contributed by atoms with van der Waals surface area (Å²) in [7, 11) is 8.97. The molecule has 1 amide bonds. The molecule has 0 saturated carbocycles. The van der Waals surface area contributed by atoms with Gasteiger partial charge in [0.1, 0.15) is 88.9 Å². The number of nitrogens with two attached hydrogens (primary N) is 1. The minimum absolute atomic E-state index is 0.0356. The first-order valence-corrected chi connectivity index (χ1v) is 30.4. The SMILES string of the molecule is CCOC(=O)c1c(O)nc(COC(C)C)n(-c2c(OC)cccc2OC)c1=O.COc1cccc(OC)c1-n1c(COC(C)C)nc(O)c(C(=O)N2CC(c3ccc(C)cc3)C2)c1=O.COc1cccc(OC)c1N=C(N)COC(C)C.Cc1ccc(C2CNC2)cc1. The molecule has 2 aromatic heterocycles. The predicted molar refractivity (Wildman–Crippen MR) is 354 cm³/mol. The van der Waals surface area contributed by atoms with E-state index in [2.05, 4.69) is 51.5 Å². The summed E-state index contributed by atoms with van der Waals surface area (Å²) < 4.78 is 56.1. The van der Waals surface area contributed by atoms with Crippen LogP contribution >= 0.6 is 0 Å². The van der Waals surface area contributed by atoms with Gasteiger partial charge in [-0.05, 0) is 110 Å². The third-order valence-electron chi connectivity index (χ3n) is 14.6. The molecule has 500 valence electrons. The number of carbonyl (C=O) groups is 2. The number of rotatable bonds is 23. The lowest BCUT2D eigenvalue weighted by atomic mass is 9.90. The maximum absolute atomic E-state index is 13.8. The van der Waals surface area contributed by atoms with Gasteiger partial charge in [0.05, 0.1) is 67.6 Å². The summed E-state index contributed by atoms with van der Waals surface area (Å²) in [6.07, 6.45) is -0.201. The minimum atomic E-state index is -0.976. The molecule has 93 heavy (non-hydrogen) atoms. The zero-order valence-electron chi connectivity index (χ0n) is 55.7. The van der Waals surface area contributed by atoms with E-state index in [9.17, 15) is 29.4 Å². The first-order chi connectivity index (χ1) is 44.5. The van der Waals surface area contributed by atoms with E-state index in [0.29, 0.717) is 59.1 Å². The van der Waals surface area contributed by atoms with Crippen LogP contribution in [0.4, 0.5) is 5.69 Å². The lowest BCUT2D eigenvalue weighted by molar-refractivity contribution is 0.0509. The molecule has 4 heterocycles. The Balaban J connectivity index is 0.000000212. The van der Waals surface area contributed by atoms with Crippen LogP contribution in [0.5, 0.6) is 46.3 Å². The maximum atomic E-state index is 13.8. The third-order valence-corrected chi connectivity index (χ3v) is 14.6. The molecule has 0 radical (unpaired) electrons. The van der Waals surface area contributed by atoms with E-state index in [4.69, 9.17) is 53.1 Å². The number of ether oxygens (including phenoxy) is 10. The molecule has 0 unspecified atom stereocenters. The van der Waals surface area contributed by atoms with Gasteiger partial charge in [-0.3, -0.25) is 23.5 Å². The molecule has 24 nitrogen and oxygen atoms in total. The molecule has 5 N–H and O–H groups in total. The molecule has 0 spiro atoms. The lowest BCUT2D eigenvalue weighted by Crippen LogP contribution is -2.50. The molecule has 0 atom stereocenters. The van der Waals surface area contributed by atoms with Crippen molar-refractivity contribution in [3.05, 3.63) is 169 Å². The van der Waals surface area contributed by atoms with Crippen LogP contribution in [0.3, 0.4) is 0 Å². The summed E-state index contributed by atoms with van der Waals surface area (Å²) >= 11 is 0. The summed E-state index contributed by atoms with van der Waals surface area (Å²) in [5.41, 5.74) is 9.49. The summed E-state index contributed by atoms with van der Waals surface area (Å²) in [6.45, 7) is 20.3. The van der Waals surface area contributed by atoms with E-state index < -0.39 is 45.9 Å². The highest BCUT2D eigenvalue weighted by Crippen LogP contribution is 2.38. The Morgan fingerprint density at radius 1 is 0.570 bits per heavy atom. The zero-order valence-corrected chi connectivity index (χ0v) is 55.7. The first kappa shape index (κ1) is 72.6. The third kappa shape index (κ3) is 18.8. The highest BCUT2D eigenvalue weighted by molar-refractivity contribution is 5.97. The lowest BCUT2D eigenvalue weighted by Gasteiger charge is -2.39. The topological polar surface area (TPSA) is 290 Å². The van der Waals surface area contributed by atoms with Gasteiger partial charge in [0, 0.05) is 38.0 Å². The fraction of sp³-hybridized carbons (Fsp3) is 0.406. The molecule has 7 aromatic rings. The Bertz CT molecular complexity index is 3700. The standard InChI is InChI=1S/C27H31N3O6.C19H24N2O7.C13H20N2O3.C10H13N/c1-16(2)36-15-22-28-25(31)23(26(32)29-13-19(14-29)18-11-9-17(3)10-12-18)27(33)30(22)24-20(34-4)7-6-8-21(24)35-5;1-6-27-19(24)15-17(22)20-14(10-28-11(2)3)21(18(15)23)16-12(25-4)8-7-9-13(16)26-5;1-9(2)18-8-12(14)15-13-10(16-3)6-5-7-11(13)17-4;1-8-2-4-9(5-3-8)10-6-11-7-10/h6-12,16,19,31H,13-15H2,1-5H3;7-9,11,22H,6,10H2,1-5H3;5-7,9H,8H2,1-4H3,(H2,14,15);2-5,10-11H,6-7H2,1H3. The summed E-state index contributed by atoms with van der Waals surface area (Å²) in [5.74, 6) is 1.15. The average molecular weight is 1290 g/mol. The monoisotopic (exact) mass is 1280 g/mol. The smallest absolute Gasteiger partial charge is 0.349 e. The molecular weight excluding hydrogens is 1200 g/mol. The summed E-state index contributed by atoms with van der Waals surface area (Å²) in [5, 5.41) is 24.2. The van der Waals surface area contributed by atoms with Gasteiger partial charge in [-0.15, -0.1) is 0 Å². The molecule has 24 heteroatoms. The number of esters is 1. The number of nitrogens with zero attached hydrogens (tertiary/aromatic N) is 6. The number of aromatic nitrogens is 4. The quantitative estimate of drug-likeness (QED) is 0.0263. The molecule has 2 aliphatic heterocycles. The highest BCUT2D eigenvalue weighted by Gasteiger charge is 2.37. The maximum Gasteiger partial charge on any atom is 0.349 e. The van der Waals surface area contributed by atoms with Crippen LogP contribution in [-0.2, 0) is 32.2 Å². The number of methoxy groups -OCH3 is 6. The number of amides is 1. The van der Waals surface area contributed by atoms with Crippen LogP contribution in [0.1, 0.15) is 115 Å². The van der Waals surface area contributed by atoms with Crippen LogP contribution in [0.2, 0.25) is 0 Å². The van der Waals surface area contributed by atoms with Crippen molar-refractivity contribution in [1.82, 2.24) is 29.3 Å². The Morgan fingerprint density at radius 2 is 0.946 bits per heavy atom. The van der Waals surface area contributed by atoms with Crippen LogP contribution < -0.4 is 50.6 Å².